The second-order valence-corrected chi connectivity index (χ2v) is 12.0. The minimum absolute atomic E-state index is 0.000609. The first-order valence-corrected chi connectivity index (χ1v) is 14.6. The summed E-state index contributed by atoms with van der Waals surface area (Å²) in [5, 5.41) is 12.2. The molecule has 3 heterocycles. The lowest BCUT2D eigenvalue weighted by atomic mass is 9.95. The van der Waals surface area contributed by atoms with Gasteiger partial charge in [-0.05, 0) is 78.7 Å². The Labute approximate surface area is 250 Å². The summed E-state index contributed by atoms with van der Waals surface area (Å²) in [6, 6.07) is 29.4. The molecule has 0 amide bonds. The van der Waals surface area contributed by atoms with Crippen LogP contribution in [-0.2, 0) is 13.1 Å². The number of hydrogen-bond acceptors (Lipinski definition) is 5. The summed E-state index contributed by atoms with van der Waals surface area (Å²) in [7, 11) is 1.69. The third kappa shape index (κ3) is 5.13. The Balaban J connectivity index is 1.44. The molecule has 0 bridgehead atoms. The molecule has 4 aromatic carbocycles. The van der Waals surface area contributed by atoms with Crippen LogP contribution in [0.3, 0.4) is 0 Å². The molecule has 0 unspecified atom stereocenters. The van der Waals surface area contributed by atoms with Crippen molar-refractivity contribution >= 4 is 32.7 Å². The van der Waals surface area contributed by atoms with Crippen molar-refractivity contribution in [3.63, 3.8) is 0 Å². The third-order valence-electron chi connectivity index (χ3n) is 7.87. The van der Waals surface area contributed by atoms with Crippen LogP contribution in [-0.4, -0.2) is 37.4 Å². The number of nitrogens with zero attached hydrogens (tertiary/aromatic N) is 4. The van der Waals surface area contributed by atoms with E-state index in [1.165, 1.54) is 0 Å². The lowest BCUT2D eigenvalue weighted by molar-refractivity contribution is 0.414. The van der Waals surface area contributed by atoms with Gasteiger partial charge in [0.25, 0.3) is 0 Å². The Morgan fingerprint density at radius 2 is 1.67 bits per heavy atom. The normalized spacial score (nSPS) is 12.0. The van der Waals surface area contributed by atoms with Crippen LogP contribution in [0.15, 0.2) is 97.3 Å². The Hall–Kier alpha value is -5.01. The molecule has 0 radical (unpaired) electrons. The van der Waals surface area contributed by atoms with Crippen molar-refractivity contribution < 1.29 is 4.74 Å². The molecule has 7 rings (SSSR count). The number of methoxy groups -OCH3 is 1. The van der Waals surface area contributed by atoms with E-state index in [0.717, 1.165) is 78.8 Å². The van der Waals surface area contributed by atoms with Gasteiger partial charge in [-0.3, -0.25) is 9.67 Å². The van der Waals surface area contributed by atoms with Gasteiger partial charge in [-0.2, -0.15) is 5.10 Å². The SMILES string of the molecule is COc1ccc(Cn2nc(-c3nc4c(CNC(C)(C)C)cccc4[nH]3)c3c(-c4cccc5cnccc45)cccc32)cc1. The molecule has 0 saturated carbocycles. The molecule has 0 fully saturated rings. The summed E-state index contributed by atoms with van der Waals surface area (Å²) in [5.41, 5.74) is 8.37. The molecular weight excluding hydrogens is 532 g/mol. The van der Waals surface area contributed by atoms with Crippen molar-refractivity contribution in [1.29, 1.82) is 0 Å². The van der Waals surface area contributed by atoms with Crippen molar-refractivity contribution in [2.45, 2.75) is 39.4 Å². The van der Waals surface area contributed by atoms with Crippen LogP contribution in [0, 0.1) is 0 Å². The lowest BCUT2D eigenvalue weighted by Crippen LogP contribution is -2.35. The number of pyridine rings is 1. The maximum atomic E-state index is 5.38. The molecule has 3 aromatic heterocycles. The van der Waals surface area contributed by atoms with Crippen LogP contribution in [0.1, 0.15) is 31.9 Å². The van der Waals surface area contributed by atoms with E-state index in [2.05, 4.69) is 114 Å². The number of hydrogen-bond donors (Lipinski definition) is 2. The Morgan fingerprint density at radius 3 is 2.49 bits per heavy atom. The fourth-order valence-electron chi connectivity index (χ4n) is 5.71. The number of fused-ring (bicyclic) bond motifs is 3. The summed E-state index contributed by atoms with van der Waals surface area (Å²) < 4.78 is 7.46. The van der Waals surface area contributed by atoms with Gasteiger partial charge in [-0.25, -0.2) is 4.98 Å². The first-order chi connectivity index (χ1) is 20.9. The van der Waals surface area contributed by atoms with Gasteiger partial charge in [0.2, 0.25) is 0 Å². The summed E-state index contributed by atoms with van der Waals surface area (Å²) >= 11 is 0. The standard InChI is InChI=1S/C36H34N6O/c1-36(2,3)38-21-25-9-6-12-30-33(25)40-35(39-30)34-32-29(28-10-5-8-24-20-37-19-18-27(24)28)11-7-13-31(32)42(41-34)22-23-14-16-26(43-4)17-15-23/h5-20,38H,21-22H2,1-4H3,(H,39,40). The summed E-state index contributed by atoms with van der Waals surface area (Å²) in [6.07, 6.45) is 3.77. The highest BCUT2D eigenvalue weighted by Gasteiger charge is 2.21. The maximum absolute atomic E-state index is 5.38. The number of ether oxygens (including phenoxy) is 1. The van der Waals surface area contributed by atoms with Crippen LogP contribution >= 0.6 is 0 Å². The molecule has 0 aliphatic carbocycles. The van der Waals surface area contributed by atoms with Gasteiger partial charge in [0, 0.05) is 35.2 Å². The molecular formula is C36H34N6O. The van der Waals surface area contributed by atoms with E-state index in [-0.39, 0.29) is 5.54 Å². The molecule has 214 valence electrons. The molecule has 0 spiro atoms. The van der Waals surface area contributed by atoms with E-state index < -0.39 is 0 Å². The average molecular weight is 567 g/mol. The summed E-state index contributed by atoms with van der Waals surface area (Å²) in [4.78, 5) is 13.1. The molecule has 43 heavy (non-hydrogen) atoms. The van der Waals surface area contributed by atoms with E-state index in [1.807, 2.05) is 24.5 Å². The van der Waals surface area contributed by atoms with Crippen molar-refractivity contribution in [1.82, 2.24) is 30.0 Å². The van der Waals surface area contributed by atoms with E-state index >= 15 is 0 Å². The number of nitrogens with one attached hydrogen (secondary N) is 2. The fourth-order valence-corrected chi connectivity index (χ4v) is 5.71. The van der Waals surface area contributed by atoms with Crippen LogP contribution in [0.4, 0.5) is 0 Å². The van der Waals surface area contributed by atoms with Gasteiger partial charge in [-0.15, -0.1) is 0 Å². The molecule has 7 nitrogen and oxygen atoms in total. The quantitative estimate of drug-likeness (QED) is 0.206. The maximum Gasteiger partial charge on any atom is 0.159 e. The second kappa shape index (κ2) is 10.7. The van der Waals surface area contributed by atoms with Gasteiger partial charge < -0.3 is 15.0 Å². The first-order valence-electron chi connectivity index (χ1n) is 14.6. The highest BCUT2D eigenvalue weighted by molar-refractivity contribution is 6.09. The van der Waals surface area contributed by atoms with E-state index in [0.29, 0.717) is 6.54 Å². The molecule has 0 saturated heterocycles. The summed E-state index contributed by atoms with van der Waals surface area (Å²) in [6.45, 7) is 7.87. The number of aromatic amines is 1. The van der Waals surface area contributed by atoms with Crippen molar-refractivity contribution in [2.24, 2.45) is 0 Å². The molecule has 7 aromatic rings. The number of para-hydroxylation sites is 1. The van der Waals surface area contributed by atoms with Gasteiger partial charge in [0.05, 0.1) is 30.2 Å². The van der Waals surface area contributed by atoms with Gasteiger partial charge >= 0.3 is 0 Å². The van der Waals surface area contributed by atoms with Gasteiger partial charge in [0.15, 0.2) is 5.82 Å². The van der Waals surface area contributed by atoms with Crippen molar-refractivity contribution in [3.05, 3.63) is 108 Å². The Kier molecular flexibility index (Phi) is 6.67. The fraction of sp³-hybridized carbons (Fsp3) is 0.194. The van der Waals surface area contributed by atoms with Gasteiger partial charge in [0.1, 0.15) is 11.4 Å². The highest BCUT2D eigenvalue weighted by Crippen LogP contribution is 2.39. The predicted octanol–water partition coefficient (Wildman–Crippen LogP) is 7.74. The van der Waals surface area contributed by atoms with E-state index in [1.54, 1.807) is 7.11 Å². The largest absolute Gasteiger partial charge is 0.497 e. The topological polar surface area (TPSA) is 80.6 Å². The van der Waals surface area contributed by atoms with Crippen LogP contribution in [0.25, 0.3) is 55.4 Å². The monoisotopic (exact) mass is 566 g/mol. The zero-order chi connectivity index (χ0) is 29.6. The molecule has 2 N–H and O–H groups in total. The van der Waals surface area contributed by atoms with E-state index in [4.69, 9.17) is 14.8 Å². The van der Waals surface area contributed by atoms with Crippen molar-refractivity contribution in [3.8, 4) is 28.4 Å². The molecule has 0 aliphatic rings. The number of H-pyrrole nitrogens is 1. The van der Waals surface area contributed by atoms with E-state index in [9.17, 15) is 0 Å². The third-order valence-corrected chi connectivity index (χ3v) is 7.87. The van der Waals surface area contributed by atoms with Crippen molar-refractivity contribution in [2.75, 3.05) is 7.11 Å². The number of aromatic nitrogens is 5. The molecule has 7 heteroatoms. The second-order valence-electron chi connectivity index (χ2n) is 12.0. The Morgan fingerprint density at radius 1 is 0.884 bits per heavy atom. The zero-order valence-corrected chi connectivity index (χ0v) is 24.8. The molecule has 0 aliphatic heterocycles. The highest BCUT2D eigenvalue weighted by atomic mass is 16.5. The minimum atomic E-state index is 0.000609. The lowest BCUT2D eigenvalue weighted by Gasteiger charge is -2.20. The summed E-state index contributed by atoms with van der Waals surface area (Å²) in [5.74, 6) is 1.59. The smallest absolute Gasteiger partial charge is 0.159 e. The first kappa shape index (κ1) is 26.9. The Bertz CT molecular complexity index is 2080. The van der Waals surface area contributed by atoms with Gasteiger partial charge in [-0.1, -0.05) is 54.6 Å². The number of rotatable bonds is 7. The predicted molar refractivity (Wildman–Crippen MR) is 174 cm³/mol. The molecule has 0 atom stereocenters. The van der Waals surface area contributed by atoms with Crippen LogP contribution in [0.5, 0.6) is 5.75 Å². The number of benzene rings is 4. The number of imidazole rings is 1. The van der Waals surface area contributed by atoms with Crippen LogP contribution in [0.2, 0.25) is 0 Å². The van der Waals surface area contributed by atoms with Crippen LogP contribution < -0.4 is 10.1 Å². The zero-order valence-electron chi connectivity index (χ0n) is 24.8. The average Bonchev–Trinajstić information content (AvgIpc) is 3.62. The minimum Gasteiger partial charge on any atom is -0.497 e.